The average Bonchev–Trinajstić information content (AvgIpc) is 2.78. The maximum Gasteiger partial charge on any atom is 0.127 e. The second-order valence-electron chi connectivity index (χ2n) is 6.19. The van der Waals surface area contributed by atoms with E-state index in [0.29, 0.717) is 0 Å². The molecule has 1 aromatic carbocycles. The summed E-state index contributed by atoms with van der Waals surface area (Å²) < 4.78 is 2.37. The van der Waals surface area contributed by atoms with Gasteiger partial charge in [0.2, 0.25) is 0 Å². The highest BCUT2D eigenvalue weighted by Crippen LogP contribution is 2.30. The van der Waals surface area contributed by atoms with Crippen LogP contribution in [0.3, 0.4) is 0 Å². The maximum absolute atomic E-state index is 6.35. The number of aryl methyl sites for hydroxylation is 1. The molecule has 1 atom stereocenters. The maximum atomic E-state index is 6.35. The Morgan fingerprint density at radius 3 is 2.75 bits per heavy atom. The van der Waals surface area contributed by atoms with E-state index in [1.54, 1.807) is 0 Å². The Balaban J connectivity index is 2.01. The molecule has 1 saturated carbocycles. The van der Waals surface area contributed by atoms with Gasteiger partial charge in [-0.3, -0.25) is 0 Å². The zero-order valence-electron chi connectivity index (χ0n) is 12.4. The van der Waals surface area contributed by atoms with Crippen LogP contribution in [0.25, 0.3) is 11.0 Å². The standard InChI is InChI=1S/C17H23ClN2/c1-12-8-9-15-16(10-12)20(17(19-15)13(2)18)11-14-6-4-3-5-7-14/h8-10,13-14H,3-7,11H2,1-2H3. The van der Waals surface area contributed by atoms with Crippen molar-refractivity contribution in [3.05, 3.63) is 29.6 Å². The van der Waals surface area contributed by atoms with Crippen LogP contribution in [0.4, 0.5) is 0 Å². The van der Waals surface area contributed by atoms with Gasteiger partial charge in [0.1, 0.15) is 5.82 Å². The van der Waals surface area contributed by atoms with Crippen molar-refractivity contribution in [1.82, 2.24) is 9.55 Å². The molecule has 1 aliphatic carbocycles. The van der Waals surface area contributed by atoms with E-state index < -0.39 is 0 Å². The van der Waals surface area contributed by atoms with Crippen molar-refractivity contribution in [2.45, 2.75) is 57.9 Å². The molecular weight excluding hydrogens is 268 g/mol. The number of imidazole rings is 1. The van der Waals surface area contributed by atoms with Crippen LogP contribution in [-0.4, -0.2) is 9.55 Å². The summed E-state index contributed by atoms with van der Waals surface area (Å²) >= 11 is 6.35. The van der Waals surface area contributed by atoms with Crippen LogP contribution >= 0.6 is 11.6 Å². The molecule has 0 aliphatic heterocycles. The van der Waals surface area contributed by atoms with Gasteiger partial charge in [-0.05, 0) is 50.3 Å². The fourth-order valence-corrected chi connectivity index (χ4v) is 3.54. The molecule has 0 N–H and O–H groups in total. The van der Waals surface area contributed by atoms with Gasteiger partial charge in [-0.15, -0.1) is 11.6 Å². The highest BCUT2D eigenvalue weighted by atomic mass is 35.5. The SMILES string of the molecule is Cc1ccc2nc(C(C)Cl)n(CC3CCCCC3)c2c1. The molecule has 1 aliphatic rings. The smallest absolute Gasteiger partial charge is 0.127 e. The quantitative estimate of drug-likeness (QED) is 0.708. The topological polar surface area (TPSA) is 17.8 Å². The number of alkyl halides is 1. The molecule has 1 aromatic heterocycles. The third kappa shape index (κ3) is 2.71. The van der Waals surface area contributed by atoms with Gasteiger partial charge >= 0.3 is 0 Å². The first kappa shape index (κ1) is 13.9. The third-order valence-corrected chi connectivity index (χ3v) is 4.65. The molecule has 0 saturated heterocycles. The lowest BCUT2D eigenvalue weighted by Crippen LogP contribution is -2.16. The van der Waals surface area contributed by atoms with E-state index in [1.165, 1.54) is 43.2 Å². The predicted molar refractivity (Wildman–Crippen MR) is 85.3 cm³/mol. The second kappa shape index (κ2) is 5.77. The van der Waals surface area contributed by atoms with Gasteiger partial charge in [0, 0.05) is 6.54 Å². The lowest BCUT2D eigenvalue weighted by Gasteiger charge is -2.23. The number of nitrogens with zero attached hydrogens (tertiary/aromatic N) is 2. The fraction of sp³-hybridized carbons (Fsp3) is 0.588. The zero-order chi connectivity index (χ0) is 14.1. The Kier molecular flexibility index (Phi) is 4.02. The number of hydrogen-bond donors (Lipinski definition) is 0. The number of rotatable bonds is 3. The van der Waals surface area contributed by atoms with Gasteiger partial charge in [-0.25, -0.2) is 4.98 Å². The Bertz CT molecular complexity index is 594. The minimum Gasteiger partial charge on any atom is -0.326 e. The van der Waals surface area contributed by atoms with Gasteiger partial charge in [-0.1, -0.05) is 25.3 Å². The fourth-order valence-electron chi connectivity index (χ4n) is 3.37. The number of hydrogen-bond acceptors (Lipinski definition) is 1. The van der Waals surface area contributed by atoms with E-state index >= 15 is 0 Å². The summed E-state index contributed by atoms with van der Waals surface area (Å²) in [6.07, 6.45) is 6.85. The first-order valence-electron chi connectivity index (χ1n) is 7.76. The second-order valence-corrected chi connectivity index (χ2v) is 6.85. The van der Waals surface area contributed by atoms with Crippen LogP contribution < -0.4 is 0 Å². The van der Waals surface area contributed by atoms with Gasteiger partial charge in [0.05, 0.1) is 16.4 Å². The molecule has 1 fully saturated rings. The number of benzene rings is 1. The normalized spacial score (nSPS) is 18.6. The van der Waals surface area contributed by atoms with E-state index in [-0.39, 0.29) is 5.38 Å². The van der Waals surface area contributed by atoms with Crippen molar-refractivity contribution in [3.63, 3.8) is 0 Å². The van der Waals surface area contributed by atoms with Gasteiger partial charge in [0.25, 0.3) is 0 Å². The molecule has 0 spiro atoms. The molecule has 2 aromatic rings. The Morgan fingerprint density at radius 2 is 2.05 bits per heavy atom. The number of fused-ring (bicyclic) bond motifs is 1. The van der Waals surface area contributed by atoms with Crippen LogP contribution in [0.5, 0.6) is 0 Å². The largest absolute Gasteiger partial charge is 0.326 e. The van der Waals surface area contributed by atoms with E-state index in [9.17, 15) is 0 Å². The molecule has 0 bridgehead atoms. The molecule has 2 nitrogen and oxygen atoms in total. The van der Waals surface area contributed by atoms with Crippen LogP contribution in [0.2, 0.25) is 0 Å². The molecule has 1 unspecified atom stereocenters. The molecule has 3 rings (SSSR count). The number of halogens is 1. The summed E-state index contributed by atoms with van der Waals surface area (Å²) in [7, 11) is 0. The highest BCUT2D eigenvalue weighted by molar-refractivity contribution is 6.20. The van der Waals surface area contributed by atoms with E-state index in [1.807, 2.05) is 6.92 Å². The van der Waals surface area contributed by atoms with Crippen molar-refractivity contribution in [3.8, 4) is 0 Å². The monoisotopic (exact) mass is 290 g/mol. The summed E-state index contributed by atoms with van der Waals surface area (Å²) in [5.74, 6) is 1.81. The van der Waals surface area contributed by atoms with Crippen molar-refractivity contribution in [1.29, 1.82) is 0 Å². The molecule has 3 heteroatoms. The van der Waals surface area contributed by atoms with E-state index in [4.69, 9.17) is 16.6 Å². The van der Waals surface area contributed by atoms with Crippen molar-refractivity contribution in [2.75, 3.05) is 0 Å². The molecule has 0 radical (unpaired) electrons. The van der Waals surface area contributed by atoms with Gasteiger partial charge in [0.15, 0.2) is 0 Å². The van der Waals surface area contributed by atoms with Crippen LogP contribution in [0, 0.1) is 12.8 Å². The lowest BCUT2D eigenvalue weighted by molar-refractivity contribution is 0.319. The first-order chi connectivity index (χ1) is 9.65. The van der Waals surface area contributed by atoms with Crippen LogP contribution in [-0.2, 0) is 6.54 Å². The molecule has 0 amide bonds. The summed E-state index contributed by atoms with van der Waals surface area (Å²) in [6.45, 7) is 5.24. The van der Waals surface area contributed by atoms with Crippen LogP contribution in [0.1, 0.15) is 55.8 Å². The molecular formula is C17H23ClN2. The summed E-state index contributed by atoms with van der Waals surface area (Å²) in [4.78, 5) is 4.75. The third-order valence-electron chi connectivity index (χ3n) is 4.45. The molecule has 20 heavy (non-hydrogen) atoms. The predicted octanol–water partition coefficient (Wildman–Crippen LogP) is 5.22. The molecule has 108 valence electrons. The van der Waals surface area contributed by atoms with Crippen molar-refractivity contribution in [2.24, 2.45) is 5.92 Å². The van der Waals surface area contributed by atoms with E-state index in [2.05, 4.69) is 29.7 Å². The zero-order valence-corrected chi connectivity index (χ0v) is 13.2. The van der Waals surface area contributed by atoms with Crippen molar-refractivity contribution >= 4 is 22.6 Å². The summed E-state index contributed by atoms with van der Waals surface area (Å²) in [5, 5.41) is -0.0358. The molecule has 1 heterocycles. The Morgan fingerprint density at radius 1 is 1.30 bits per heavy atom. The minimum atomic E-state index is -0.0358. The number of aromatic nitrogens is 2. The summed E-state index contributed by atoms with van der Waals surface area (Å²) in [5.41, 5.74) is 3.61. The highest BCUT2D eigenvalue weighted by Gasteiger charge is 2.20. The van der Waals surface area contributed by atoms with E-state index in [0.717, 1.165) is 23.8 Å². The first-order valence-corrected chi connectivity index (χ1v) is 8.19. The summed E-state index contributed by atoms with van der Waals surface area (Å²) in [6, 6.07) is 6.49. The Hall–Kier alpha value is -1.02. The van der Waals surface area contributed by atoms with Crippen molar-refractivity contribution < 1.29 is 0 Å². The van der Waals surface area contributed by atoms with Gasteiger partial charge < -0.3 is 4.57 Å². The average molecular weight is 291 g/mol. The van der Waals surface area contributed by atoms with Crippen LogP contribution in [0.15, 0.2) is 18.2 Å². The minimum absolute atomic E-state index is 0.0358. The Labute approximate surface area is 126 Å². The van der Waals surface area contributed by atoms with Gasteiger partial charge in [-0.2, -0.15) is 0 Å². The lowest BCUT2D eigenvalue weighted by atomic mass is 9.89.